The standard InChI is InChI=1S/C12H15N5O3S/c1-8(2)16(5-3-10(18)19)12(20)11-9(4-6-21-11)17-7-13-14-15-17/h4,6-8H,3,5H2,1-2H3,(H,18,19). The highest BCUT2D eigenvalue weighted by Gasteiger charge is 2.24. The van der Waals surface area contributed by atoms with Gasteiger partial charge in [-0.15, -0.1) is 16.4 Å². The maximum Gasteiger partial charge on any atom is 0.305 e. The Bertz CT molecular complexity index is 623. The molecule has 112 valence electrons. The van der Waals surface area contributed by atoms with E-state index in [0.29, 0.717) is 10.6 Å². The summed E-state index contributed by atoms with van der Waals surface area (Å²) in [6, 6.07) is 1.66. The van der Waals surface area contributed by atoms with Crippen molar-refractivity contribution in [3.8, 4) is 5.69 Å². The number of carboxylic acid groups (broad SMARTS) is 1. The Hall–Kier alpha value is -2.29. The molecule has 0 atom stereocenters. The highest BCUT2D eigenvalue weighted by molar-refractivity contribution is 7.12. The highest BCUT2D eigenvalue weighted by atomic mass is 32.1. The van der Waals surface area contributed by atoms with E-state index in [1.807, 2.05) is 13.8 Å². The van der Waals surface area contributed by atoms with Crippen LogP contribution in [-0.2, 0) is 4.79 Å². The number of hydrogen-bond donors (Lipinski definition) is 1. The summed E-state index contributed by atoms with van der Waals surface area (Å²) in [5.41, 5.74) is 0.593. The van der Waals surface area contributed by atoms with Crippen LogP contribution in [0.25, 0.3) is 5.69 Å². The lowest BCUT2D eigenvalue weighted by Crippen LogP contribution is -2.38. The minimum Gasteiger partial charge on any atom is -0.481 e. The van der Waals surface area contributed by atoms with Crippen molar-refractivity contribution >= 4 is 23.2 Å². The van der Waals surface area contributed by atoms with E-state index >= 15 is 0 Å². The number of tetrazole rings is 1. The minimum absolute atomic E-state index is 0.0878. The second-order valence-corrected chi connectivity index (χ2v) is 5.54. The van der Waals surface area contributed by atoms with Crippen LogP contribution in [0.2, 0.25) is 0 Å². The van der Waals surface area contributed by atoms with E-state index in [4.69, 9.17) is 5.11 Å². The van der Waals surface area contributed by atoms with Gasteiger partial charge in [-0.05, 0) is 35.7 Å². The van der Waals surface area contributed by atoms with E-state index in [2.05, 4.69) is 15.5 Å². The lowest BCUT2D eigenvalue weighted by molar-refractivity contribution is -0.137. The van der Waals surface area contributed by atoms with Crippen LogP contribution in [0.15, 0.2) is 17.8 Å². The van der Waals surface area contributed by atoms with Crippen molar-refractivity contribution in [2.45, 2.75) is 26.3 Å². The molecule has 0 fully saturated rings. The van der Waals surface area contributed by atoms with Gasteiger partial charge in [0.05, 0.1) is 12.1 Å². The first kappa shape index (κ1) is 15.1. The third-order valence-corrected chi connectivity index (χ3v) is 3.78. The predicted molar refractivity (Wildman–Crippen MR) is 75.5 cm³/mol. The van der Waals surface area contributed by atoms with Gasteiger partial charge in [0.15, 0.2) is 0 Å². The molecule has 0 unspecified atom stereocenters. The van der Waals surface area contributed by atoms with Gasteiger partial charge < -0.3 is 10.0 Å². The summed E-state index contributed by atoms with van der Waals surface area (Å²) in [7, 11) is 0. The zero-order chi connectivity index (χ0) is 15.4. The molecule has 0 aromatic carbocycles. The third kappa shape index (κ3) is 3.43. The molecule has 2 aromatic rings. The Kier molecular flexibility index (Phi) is 4.63. The molecule has 8 nitrogen and oxygen atoms in total. The summed E-state index contributed by atoms with van der Waals surface area (Å²) in [6.45, 7) is 3.87. The minimum atomic E-state index is -0.930. The summed E-state index contributed by atoms with van der Waals surface area (Å²) in [5, 5.41) is 21.5. The summed E-state index contributed by atoms with van der Waals surface area (Å²) in [4.78, 5) is 25.4. The van der Waals surface area contributed by atoms with E-state index in [-0.39, 0.29) is 24.9 Å². The molecule has 9 heteroatoms. The predicted octanol–water partition coefficient (Wildman–Crippen LogP) is 1.05. The molecule has 21 heavy (non-hydrogen) atoms. The molecule has 0 spiro atoms. The Morgan fingerprint density at radius 1 is 1.48 bits per heavy atom. The van der Waals surface area contributed by atoms with Crippen LogP contribution in [0.1, 0.15) is 29.9 Å². The number of hydrogen-bond acceptors (Lipinski definition) is 6. The lowest BCUT2D eigenvalue weighted by atomic mass is 10.2. The Morgan fingerprint density at radius 3 is 2.81 bits per heavy atom. The number of thiophene rings is 1. The van der Waals surface area contributed by atoms with Gasteiger partial charge in [0.2, 0.25) is 0 Å². The fraction of sp³-hybridized carbons (Fsp3) is 0.417. The molecule has 0 bridgehead atoms. The number of aliphatic carboxylic acids is 1. The largest absolute Gasteiger partial charge is 0.481 e. The SMILES string of the molecule is CC(C)N(CCC(=O)O)C(=O)c1sccc1-n1cnnn1. The first-order valence-electron chi connectivity index (χ1n) is 6.34. The van der Waals surface area contributed by atoms with Crippen LogP contribution >= 0.6 is 11.3 Å². The van der Waals surface area contributed by atoms with Gasteiger partial charge >= 0.3 is 5.97 Å². The van der Waals surface area contributed by atoms with Crippen LogP contribution in [0.4, 0.5) is 0 Å². The Morgan fingerprint density at radius 2 is 2.24 bits per heavy atom. The molecule has 1 amide bonds. The molecule has 0 radical (unpaired) electrons. The topological polar surface area (TPSA) is 101 Å². The second-order valence-electron chi connectivity index (χ2n) is 4.63. The van der Waals surface area contributed by atoms with Crippen molar-refractivity contribution in [1.82, 2.24) is 25.1 Å². The molecule has 0 aliphatic rings. The molecule has 0 saturated heterocycles. The van der Waals surface area contributed by atoms with Gasteiger partial charge in [-0.1, -0.05) is 0 Å². The molecule has 0 aliphatic heterocycles. The maximum atomic E-state index is 12.6. The number of amides is 1. The number of carbonyl (C=O) groups is 2. The van der Waals surface area contributed by atoms with Gasteiger partial charge in [-0.25, -0.2) is 0 Å². The molecule has 2 aromatic heterocycles. The number of rotatable bonds is 6. The Labute approximate surface area is 125 Å². The lowest BCUT2D eigenvalue weighted by Gasteiger charge is -2.26. The van der Waals surface area contributed by atoms with E-state index < -0.39 is 5.97 Å². The zero-order valence-corrected chi connectivity index (χ0v) is 12.4. The zero-order valence-electron chi connectivity index (χ0n) is 11.6. The number of carboxylic acids is 1. The van der Waals surface area contributed by atoms with Gasteiger partial charge in [0, 0.05) is 12.6 Å². The molecular formula is C12H15N5O3S. The van der Waals surface area contributed by atoms with Crippen molar-refractivity contribution in [2.24, 2.45) is 0 Å². The molecular weight excluding hydrogens is 294 g/mol. The van der Waals surface area contributed by atoms with Crippen molar-refractivity contribution in [1.29, 1.82) is 0 Å². The summed E-state index contributed by atoms with van der Waals surface area (Å²) < 4.78 is 1.42. The van der Waals surface area contributed by atoms with Gasteiger partial charge in [0.25, 0.3) is 5.91 Å². The van der Waals surface area contributed by atoms with E-state index in [1.165, 1.54) is 27.2 Å². The summed E-state index contributed by atoms with van der Waals surface area (Å²) >= 11 is 1.28. The molecule has 0 saturated carbocycles. The van der Waals surface area contributed by atoms with Crippen LogP contribution in [-0.4, -0.2) is 54.7 Å². The van der Waals surface area contributed by atoms with Crippen LogP contribution in [0.3, 0.4) is 0 Å². The molecule has 2 rings (SSSR count). The van der Waals surface area contributed by atoms with Crippen LogP contribution in [0.5, 0.6) is 0 Å². The van der Waals surface area contributed by atoms with Crippen molar-refractivity contribution < 1.29 is 14.7 Å². The number of aromatic nitrogens is 4. The normalized spacial score (nSPS) is 10.8. The fourth-order valence-electron chi connectivity index (χ4n) is 1.86. The van der Waals surface area contributed by atoms with Crippen molar-refractivity contribution in [3.63, 3.8) is 0 Å². The Balaban J connectivity index is 2.25. The summed E-state index contributed by atoms with van der Waals surface area (Å²) in [5.74, 6) is -1.15. The first-order valence-corrected chi connectivity index (χ1v) is 7.22. The van der Waals surface area contributed by atoms with Crippen molar-refractivity contribution in [3.05, 3.63) is 22.7 Å². The average Bonchev–Trinajstić information content (AvgIpc) is 3.08. The maximum absolute atomic E-state index is 12.6. The molecule has 1 N–H and O–H groups in total. The smallest absolute Gasteiger partial charge is 0.305 e. The molecule has 0 aliphatic carbocycles. The van der Waals surface area contributed by atoms with Gasteiger partial charge in [-0.3, -0.25) is 9.59 Å². The fourth-order valence-corrected chi connectivity index (χ4v) is 2.69. The van der Waals surface area contributed by atoms with Gasteiger partial charge in [0.1, 0.15) is 11.2 Å². The second kappa shape index (κ2) is 6.44. The van der Waals surface area contributed by atoms with Crippen LogP contribution < -0.4 is 0 Å². The van der Waals surface area contributed by atoms with E-state index in [0.717, 1.165) is 0 Å². The molecule has 2 heterocycles. The quantitative estimate of drug-likeness (QED) is 0.856. The van der Waals surface area contributed by atoms with Gasteiger partial charge in [-0.2, -0.15) is 4.68 Å². The summed E-state index contributed by atoms with van der Waals surface area (Å²) in [6.07, 6.45) is 1.32. The van der Waals surface area contributed by atoms with Crippen molar-refractivity contribution in [2.75, 3.05) is 6.54 Å². The van der Waals surface area contributed by atoms with Crippen LogP contribution in [0, 0.1) is 0 Å². The third-order valence-electron chi connectivity index (χ3n) is 2.89. The first-order chi connectivity index (χ1) is 10.0. The highest BCUT2D eigenvalue weighted by Crippen LogP contribution is 2.23. The van der Waals surface area contributed by atoms with E-state index in [9.17, 15) is 9.59 Å². The number of nitrogens with zero attached hydrogens (tertiary/aromatic N) is 5. The average molecular weight is 309 g/mol. The monoisotopic (exact) mass is 309 g/mol. The van der Waals surface area contributed by atoms with E-state index in [1.54, 1.807) is 11.4 Å². The number of carbonyl (C=O) groups excluding carboxylic acids is 1.